The Bertz CT molecular complexity index is 145. The van der Waals surface area contributed by atoms with Crippen LogP contribution in [0.5, 0.6) is 0 Å². The number of hydrogen-bond acceptors (Lipinski definition) is 0. The minimum atomic E-state index is 0.173. The summed E-state index contributed by atoms with van der Waals surface area (Å²) in [5.74, 6) is 1.38. The van der Waals surface area contributed by atoms with Crippen molar-refractivity contribution in [2.75, 3.05) is 5.75 Å². The number of hydrogen-bond donors (Lipinski definition) is 1. The Morgan fingerprint density at radius 3 is 2.78 bits per heavy atom. The van der Waals surface area contributed by atoms with Crippen LogP contribution in [0.4, 0.5) is 0 Å². The molecule has 0 fully saturated rings. The molecule has 1 heterocycles. The van der Waals surface area contributed by atoms with Crippen LogP contribution in [0.3, 0.4) is 0 Å². The second-order valence-corrected chi connectivity index (χ2v) is 4.46. The van der Waals surface area contributed by atoms with Crippen molar-refractivity contribution in [3.8, 4) is 0 Å². The van der Waals surface area contributed by atoms with Gasteiger partial charge in [0.15, 0.2) is 0 Å². The second kappa shape index (κ2) is 3.11. The van der Waals surface area contributed by atoms with Crippen molar-refractivity contribution in [3.63, 3.8) is 0 Å². The lowest BCUT2D eigenvalue weighted by atomic mass is 10.4. The molecular formula is C8H14S. The lowest BCUT2D eigenvalue weighted by Crippen LogP contribution is -1.75. The molecule has 1 atom stereocenters. The molecule has 0 aromatic heterocycles. The fourth-order valence-corrected chi connectivity index (χ4v) is 2.87. The summed E-state index contributed by atoms with van der Waals surface area (Å²) in [6.07, 6.45) is 3.56. The van der Waals surface area contributed by atoms with Crippen LogP contribution in [0.1, 0.15) is 20.3 Å². The normalized spacial score (nSPS) is 28.7. The predicted molar refractivity (Wildman–Crippen MR) is 47.0 cm³/mol. The van der Waals surface area contributed by atoms with Crippen LogP contribution in [0, 0.1) is 0 Å². The van der Waals surface area contributed by atoms with Crippen LogP contribution in [0.15, 0.2) is 22.5 Å². The van der Waals surface area contributed by atoms with Gasteiger partial charge in [-0.1, -0.05) is 13.0 Å². The van der Waals surface area contributed by atoms with Gasteiger partial charge in [0.2, 0.25) is 0 Å². The molecule has 1 rings (SSSR count). The maximum absolute atomic E-state index is 2.40. The largest absolute Gasteiger partial charge is 0.213 e. The van der Waals surface area contributed by atoms with Gasteiger partial charge in [-0.3, -0.25) is 0 Å². The van der Waals surface area contributed by atoms with Gasteiger partial charge < -0.3 is 0 Å². The molecular weight excluding hydrogens is 128 g/mol. The molecule has 1 unspecified atom stereocenters. The first-order valence-electron chi connectivity index (χ1n) is 3.45. The van der Waals surface area contributed by atoms with Gasteiger partial charge in [-0.2, -0.15) is 0 Å². The van der Waals surface area contributed by atoms with Gasteiger partial charge >= 0.3 is 0 Å². The van der Waals surface area contributed by atoms with Crippen molar-refractivity contribution in [1.29, 1.82) is 0 Å². The molecule has 0 spiro atoms. The molecule has 0 aliphatic carbocycles. The molecule has 1 aliphatic heterocycles. The van der Waals surface area contributed by atoms with E-state index >= 15 is 0 Å². The Kier molecular flexibility index (Phi) is 2.40. The van der Waals surface area contributed by atoms with Crippen molar-refractivity contribution >= 4 is 10.9 Å². The maximum atomic E-state index is 2.40. The summed E-state index contributed by atoms with van der Waals surface area (Å²) in [4.78, 5) is 0. The first-order chi connectivity index (χ1) is 4.33. The zero-order valence-electron chi connectivity index (χ0n) is 6.09. The van der Waals surface area contributed by atoms with Crippen LogP contribution in [0.2, 0.25) is 0 Å². The summed E-state index contributed by atoms with van der Waals surface area (Å²) >= 11 is 0. The van der Waals surface area contributed by atoms with Gasteiger partial charge in [0.25, 0.3) is 0 Å². The zero-order chi connectivity index (χ0) is 6.69. The minimum Gasteiger partial charge on any atom is -0.213 e. The third-order valence-corrected chi connectivity index (χ3v) is 3.61. The van der Waals surface area contributed by atoms with Crippen LogP contribution < -0.4 is 0 Å². The molecule has 0 aromatic rings. The third-order valence-electron chi connectivity index (χ3n) is 1.38. The number of allylic oxidation sites excluding steroid dienone is 2. The summed E-state index contributed by atoms with van der Waals surface area (Å²) < 4.78 is 0. The van der Waals surface area contributed by atoms with E-state index in [9.17, 15) is 0 Å². The summed E-state index contributed by atoms with van der Waals surface area (Å²) in [7, 11) is 0.173. The topological polar surface area (TPSA) is 0 Å². The Hall–Kier alpha value is -0.170. The Morgan fingerprint density at radius 1 is 1.56 bits per heavy atom. The van der Waals surface area contributed by atoms with Gasteiger partial charge in [-0.05, 0) is 35.5 Å². The van der Waals surface area contributed by atoms with E-state index < -0.39 is 0 Å². The smallest absolute Gasteiger partial charge is 0.0187 e. The van der Waals surface area contributed by atoms with Crippen LogP contribution >= 0.6 is 10.9 Å². The van der Waals surface area contributed by atoms with Crippen LogP contribution in [-0.2, 0) is 0 Å². The van der Waals surface area contributed by atoms with Crippen molar-refractivity contribution in [2.24, 2.45) is 0 Å². The fourth-order valence-electron chi connectivity index (χ4n) is 0.958. The molecule has 0 aromatic carbocycles. The SMILES string of the molecule is CCC[SH]1C=CC(C)=C1. The first-order valence-corrected chi connectivity index (χ1v) is 5.12. The van der Waals surface area contributed by atoms with Gasteiger partial charge in [-0.25, -0.2) is 10.9 Å². The zero-order valence-corrected chi connectivity index (χ0v) is 6.99. The predicted octanol–water partition coefficient (Wildman–Crippen LogP) is 2.83. The summed E-state index contributed by atoms with van der Waals surface area (Å²) in [5.41, 5.74) is 1.45. The maximum Gasteiger partial charge on any atom is -0.0187 e. The Labute approximate surface area is 60.0 Å². The molecule has 1 heteroatoms. The second-order valence-electron chi connectivity index (χ2n) is 2.43. The molecule has 0 bridgehead atoms. The highest BCUT2D eigenvalue weighted by molar-refractivity contribution is 8.22. The number of rotatable bonds is 2. The molecule has 9 heavy (non-hydrogen) atoms. The standard InChI is InChI=1S/C8H14S/c1-3-5-9-6-4-8(2)7-9/h4,6-7,9H,3,5H2,1-2H3. The van der Waals surface area contributed by atoms with Crippen molar-refractivity contribution < 1.29 is 0 Å². The van der Waals surface area contributed by atoms with E-state index in [1.807, 2.05) is 0 Å². The summed E-state index contributed by atoms with van der Waals surface area (Å²) in [6, 6.07) is 0. The van der Waals surface area contributed by atoms with Gasteiger partial charge in [0.05, 0.1) is 0 Å². The average molecular weight is 142 g/mol. The van der Waals surface area contributed by atoms with E-state index in [1.165, 1.54) is 17.7 Å². The molecule has 0 amide bonds. The van der Waals surface area contributed by atoms with E-state index in [4.69, 9.17) is 0 Å². The van der Waals surface area contributed by atoms with E-state index in [0.29, 0.717) is 0 Å². The lowest BCUT2D eigenvalue weighted by molar-refractivity contribution is 1.11. The molecule has 0 nitrogen and oxygen atoms in total. The molecule has 1 aliphatic rings. The van der Waals surface area contributed by atoms with Crippen molar-refractivity contribution in [1.82, 2.24) is 0 Å². The first kappa shape index (κ1) is 6.94. The average Bonchev–Trinajstić information content (AvgIpc) is 2.17. The molecule has 0 saturated carbocycles. The highest BCUT2D eigenvalue weighted by Gasteiger charge is 1.99. The van der Waals surface area contributed by atoms with Crippen LogP contribution in [-0.4, -0.2) is 5.75 Å². The molecule has 0 N–H and O–H groups in total. The monoisotopic (exact) mass is 142 g/mol. The Morgan fingerprint density at radius 2 is 2.33 bits per heavy atom. The quantitative estimate of drug-likeness (QED) is 0.563. The van der Waals surface area contributed by atoms with E-state index in [0.717, 1.165) is 0 Å². The van der Waals surface area contributed by atoms with Crippen LogP contribution in [0.25, 0.3) is 0 Å². The third kappa shape index (κ3) is 1.90. The van der Waals surface area contributed by atoms with Crippen molar-refractivity contribution in [2.45, 2.75) is 20.3 Å². The Balaban J connectivity index is 2.40. The minimum absolute atomic E-state index is 0.173. The van der Waals surface area contributed by atoms with Crippen molar-refractivity contribution in [3.05, 3.63) is 22.5 Å². The summed E-state index contributed by atoms with van der Waals surface area (Å²) in [6.45, 7) is 4.42. The highest BCUT2D eigenvalue weighted by atomic mass is 32.2. The number of thiol groups is 1. The lowest BCUT2D eigenvalue weighted by Gasteiger charge is -2.05. The van der Waals surface area contributed by atoms with Gasteiger partial charge in [-0.15, -0.1) is 0 Å². The highest BCUT2D eigenvalue weighted by Crippen LogP contribution is 2.35. The van der Waals surface area contributed by atoms with Gasteiger partial charge in [0, 0.05) is 0 Å². The summed E-state index contributed by atoms with van der Waals surface area (Å²) in [5, 5.41) is 4.76. The molecule has 0 saturated heterocycles. The van der Waals surface area contributed by atoms with E-state index in [2.05, 4.69) is 30.7 Å². The molecule has 0 radical (unpaired) electrons. The molecule has 52 valence electrons. The van der Waals surface area contributed by atoms with E-state index in [-0.39, 0.29) is 10.9 Å². The fraction of sp³-hybridized carbons (Fsp3) is 0.500. The van der Waals surface area contributed by atoms with E-state index in [1.54, 1.807) is 0 Å². The van der Waals surface area contributed by atoms with Gasteiger partial charge in [0.1, 0.15) is 0 Å².